The molecule has 0 N–H and O–H groups in total. The summed E-state index contributed by atoms with van der Waals surface area (Å²) >= 11 is 0. The van der Waals surface area contributed by atoms with E-state index in [2.05, 4.69) is 25.9 Å². The van der Waals surface area contributed by atoms with Gasteiger partial charge in [0, 0.05) is 19.8 Å². The van der Waals surface area contributed by atoms with Crippen molar-refractivity contribution in [3.63, 3.8) is 0 Å². The Morgan fingerprint density at radius 1 is 0.882 bits per heavy atom. The lowest BCUT2D eigenvalue weighted by Crippen LogP contribution is -2.61. The van der Waals surface area contributed by atoms with E-state index in [1.54, 1.807) is 0 Å². The molecule has 0 radical (unpaired) electrons. The van der Waals surface area contributed by atoms with Crippen molar-refractivity contribution in [2.45, 2.75) is 46.2 Å². The maximum absolute atomic E-state index is 5.94. The van der Waals surface area contributed by atoms with Crippen LogP contribution in [0.25, 0.3) is 0 Å². The quantitative estimate of drug-likeness (QED) is 0.566. The SMILES string of the molecule is CCCC(N(C)C)[Si](OCC)(OCC)OCC. The molecule has 1 atom stereocenters. The Kier molecular flexibility index (Phi) is 9.08. The van der Waals surface area contributed by atoms with Gasteiger partial charge < -0.3 is 18.2 Å². The Bertz CT molecular complexity index is 174. The minimum absolute atomic E-state index is 0.243. The molecule has 0 fully saturated rings. The van der Waals surface area contributed by atoms with E-state index < -0.39 is 8.80 Å². The maximum atomic E-state index is 5.94. The average Bonchev–Trinajstić information content (AvgIpc) is 2.26. The predicted molar refractivity (Wildman–Crippen MR) is 73.0 cm³/mol. The van der Waals surface area contributed by atoms with E-state index in [-0.39, 0.29) is 5.67 Å². The van der Waals surface area contributed by atoms with Crippen molar-refractivity contribution in [2.24, 2.45) is 0 Å². The monoisotopic (exact) mass is 263 g/mol. The Morgan fingerprint density at radius 2 is 1.29 bits per heavy atom. The van der Waals surface area contributed by atoms with Crippen molar-refractivity contribution < 1.29 is 13.3 Å². The summed E-state index contributed by atoms with van der Waals surface area (Å²) in [6, 6.07) is 0. The molecular weight excluding hydrogens is 234 g/mol. The molecule has 4 nitrogen and oxygen atoms in total. The lowest BCUT2D eigenvalue weighted by atomic mass is 10.3. The van der Waals surface area contributed by atoms with Crippen molar-refractivity contribution in [1.82, 2.24) is 4.90 Å². The molecule has 0 saturated carbocycles. The number of hydrogen-bond acceptors (Lipinski definition) is 4. The van der Waals surface area contributed by atoms with Crippen LogP contribution in [0.4, 0.5) is 0 Å². The normalized spacial score (nSPS) is 14.3. The second kappa shape index (κ2) is 9.05. The highest BCUT2D eigenvalue weighted by Crippen LogP contribution is 2.22. The van der Waals surface area contributed by atoms with Gasteiger partial charge >= 0.3 is 8.80 Å². The van der Waals surface area contributed by atoms with Crippen LogP contribution < -0.4 is 0 Å². The highest BCUT2D eigenvalue weighted by atomic mass is 28.4. The van der Waals surface area contributed by atoms with Gasteiger partial charge in [-0.2, -0.15) is 0 Å². The zero-order valence-corrected chi connectivity index (χ0v) is 13.3. The molecule has 0 aliphatic heterocycles. The first-order valence-corrected chi connectivity index (χ1v) is 8.46. The maximum Gasteiger partial charge on any atom is 0.519 e. The molecule has 0 bridgehead atoms. The molecule has 0 aromatic rings. The molecule has 0 aromatic heterocycles. The summed E-state index contributed by atoms with van der Waals surface area (Å²) < 4.78 is 17.8. The van der Waals surface area contributed by atoms with Gasteiger partial charge in [-0.05, 0) is 41.3 Å². The van der Waals surface area contributed by atoms with Crippen molar-refractivity contribution in [2.75, 3.05) is 33.9 Å². The van der Waals surface area contributed by atoms with Gasteiger partial charge in [0.1, 0.15) is 0 Å². The molecule has 0 amide bonds. The van der Waals surface area contributed by atoms with E-state index >= 15 is 0 Å². The van der Waals surface area contributed by atoms with Crippen LogP contribution in [0.3, 0.4) is 0 Å². The topological polar surface area (TPSA) is 30.9 Å². The summed E-state index contributed by atoms with van der Waals surface area (Å²) in [6.45, 7) is 10.1. The van der Waals surface area contributed by atoms with E-state index in [1.807, 2.05) is 20.8 Å². The van der Waals surface area contributed by atoms with E-state index in [0.717, 1.165) is 12.8 Å². The third-order valence-corrected chi connectivity index (χ3v) is 6.32. The molecule has 0 spiro atoms. The summed E-state index contributed by atoms with van der Waals surface area (Å²) in [5, 5.41) is 0. The standard InChI is InChI=1S/C12H29NO3Si/c1-7-11-12(13(5)6)17(14-8-2,15-9-3)16-10-4/h12H,7-11H2,1-6H3. The minimum Gasteiger partial charge on any atom is -0.373 e. The highest BCUT2D eigenvalue weighted by Gasteiger charge is 2.49. The zero-order valence-electron chi connectivity index (χ0n) is 12.3. The van der Waals surface area contributed by atoms with Gasteiger partial charge in [0.25, 0.3) is 0 Å². The van der Waals surface area contributed by atoms with Gasteiger partial charge in [0.2, 0.25) is 0 Å². The van der Waals surface area contributed by atoms with Crippen molar-refractivity contribution in [3.8, 4) is 0 Å². The second-order valence-corrected chi connectivity index (χ2v) is 6.91. The van der Waals surface area contributed by atoms with Crippen molar-refractivity contribution >= 4 is 8.80 Å². The zero-order chi connectivity index (χ0) is 13.3. The third-order valence-electron chi connectivity index (χ3n) is 2.63. The van der Waals surface area contributed by atoms with E-state index in [9.17, 15) is 0 Å². The Balaban J connectivity index is 5.01. The molecule has 104 valence electrons. The third kappa shape index (κ3) is 5.05. The van der Waals surface area contributed by atoms with Crippen LogP contribution in [0.5, 0.6) is 0 Å². The molecule has 0 heterocycles. The number of rotatable bonds is 10. The Labute approximate surface area is 108 Å². The van der Waals surface area contributed by atoms with Crippen LogP contribution in [0.2, 0.25) is 0 Å². The first-order valence-electron chi connectivity index (χ1n) is 6.66. The van der Waals surface area contributed by atoms with Crippen LogP contribution in [-0.2, 0) is 13.3 Å². The van der Waals surface area contributed by atoms with E-state index in [4.69, 9.17) is 13.3 Å². The molecule has 0 aliphatic rings. The van der Waals surface area contributed by atoms with E-state index in [1.165, 1.54) is 0 Å². The predicted octanol–water partition coefficient (Wildman–Crippen LogP) is 2.30. The lowest BCUT2D eigenvalue weighted by molar-refractivity contribution is 0.0419. The Morgan fingerprint density at radius 3 is 1.53 bits per heavy atom. The Hall–Kier alpha value is 0.0569. The van der Waals surface area contributed by atoms with Crippen LogP contribution in [0, 0.1) is 0 Å². The molecule has 0 aliphatic carbocycles. The largest absolute Gasteiger partial charge is 0.519 e. The van der Waals surface area contributed by atoms with E-state index in [0.29, 0.717) is 19.8 Å². The van der Waals surface area contributed by atoms with Crippen LogP contribution in [0.1, 0.15) is 40.5 Å². The van der Waals surface area contributed by atoms with Crippen LogP contribution in [0.15, 0.2) is 0 Å². The number of nitrogens with zero attached hydrogens (tertiary/aromatic N) is 1. The first-order chi connectivity index (χ1) is 8.07. The second-order valence-electron chi connectivity index (χ2n) is 4.17. The molecule has 1 unspecified atom stereocenters. The molecule has 0 saturated heterocycles. The van der Waals surface area contributed by atoms with Gasteiger partial charge in [0.05, 0.1) is 5.67 Å². The van der Waals surface area contributed by atoms with Crippen molar-refractivity contribution in [1.29, 1.82) is 0 Å². The smallest absolute Gasteiger partial charge is 0.373 e. The van der Waals surface area contributed by atoms with Gasteiger partial charge in [-0.3, -0.25) is 0 Å². The van der Waals surface area contributed by atoms with Gasteiger partial charge in [-0.15, -0.1) is 0 Å². The van der Waals surface area contributed by atoms with Crippen LogP contribution >= 0.6 is 0 Å². The average molecular weight is 263 g/mol. The molecule has 0 aromatic carbocycles. The fraction of sp³-hybridized carbons (Fsp3) is 1.00. The molecule has 0 rings (SSSR count). The minimum atomic E-state index is -2.58. The number of hydrogen-bond donors (Lipinski definition) is 0. The molecule has 5 heteroatoms. The summed E-state index contributed by atoms with van der Waals surface area (Å²) in [7, 11) is 1.55. The lowest BCUT2D eigenvalue weighted by Gasteiger charge is -2.38. The summed E-state index contributed by atoms with van der Waals surface area (Å²) in [4.78, 5) is 2.18. The summed E-state index contributed by atoms with van der Waals surface area (Å²) in [5.41, 5.74) is 0.243. The fourth-order valence-electron chi connectivity index (χ4n) is 2.04. The van der Waals surface area contributed by atoms with Crippen molar-refractivity contribution in [3.05, 3.63) is 0 Å². The molecule has 17 heavy (non-hydrogen) atoms. The van der Waals surface area contributed by atoms with Crippen LogP contribution in [-0.4, -0.2) is 53.3 Å². The summed E-state index contributed by atoms with van der Waals surface area (Å²) in [6.07, 6.45) is 2.14. The van der Waals surface area contributed by atoms with Gasteiger partial charge in [-0.25, -0.2) is 0 Å². The van der Waals surface area contributed by atoms with Gasteiger partial charge in [-0.1, -0.05) is 13.3 Å². The first kappa shape index (κ1) is 17.1. The fourth-order valence-corrected chi connectivity index (χ4v) is 5.35. The summed E-state index contributed by atoms with van der Waals surface area (Å²) in [5.74, 6) is 0. The van der Waals surface area contributed by atoms with Gasteiger partial charge in [0.15, 0.2) is 0 Å². The molecular formula is C12H29NO3Si. The highest BCUT2D eigenvalue weighted by molar-refractivity contribution is 6.62.